The van der Waals surface area contributed by atoms with Gasteiger partial charge in [0.15, 0.2) is 22.8 Å². The number of imidazole rings is 1. The minimum absolute atomic E-state index is 0. The average Bonchev–Trinajstić information content (AvgIpc) is 3.80. The van der Waals surface area contributed by atoms with E-state index in [2.05, 4.69) is 78.1 Å². The summed E-state index contributed by atoms with van der Waals surface area (Å²) in [7, 11) is -17.3. The number of nitrogens with one attached hydrogen (secondary N) is 2. The summed E-state index contributed by atoms with van der Waals surface area (Å²) in [5.74, 6) is 1.35. The molecule has 0 bridgehead atoms. The molecule has 2 amide bonds. The number of nitrogen functional groups attached to an aromatic ring is 1. The molecule has 0 radical (unpaired) electrons. The first-order valence-electron chi connectivity index (χ1n) is 23.1. The Bertz CT molecular complexity index is 2110. The van der Waals surface area contributed by atoms with Gasteiger partial charge in [-0.05, 0) is 23.7 Å². The number of anilines is 1. The molecule has 19 N–H and O–H groups in total. The number of quaternary nitrogens is 3. The third-order valence-corrected chi connectivity index (χ3v) is 15.4. The number of fused-ring (bicyclic) bond motifs is 1. The van der Waals surface area contributed by atoms with Crippen molar-refractivity contribution < 1.29 is 80.5 Å². The van der Waals surface area contributed by atoms with E-state index in [0.29, 0.717) is 18.1 Å². The fraction of sp³-hybridized carbons (Fsp3) is 0.805. The number of aromatic nitrogens is 4. The number of aliphatic hydroxyl groups is 2. The topological polar surface area (TPSA) is 482 Å². The highest BCUT2D eigenvalue weighted by Crippen LogP contribution is 2.56. The highest BCUT2D eigenvalue weighted by molar-refractivity contribution is 8.13. The number of nitrogens with two attached hydrogens (primary N) is 1. The van der Waals surface area contributed by atoms with Crippen molar-refractivity contribution in [1.29, 1.82) is 0 Å². The molecule has 2 aromatic heterocycles. The van der Waals surface area contributed by atoms with Gasteiger partial charge in [0.1, 0.15) is 36.3 Å². The van der Waals surface area contributed by atoms with Crippen LogP contribution in [0.5, 0.6) is 0 Å². The first-order chi connectivity index (χ1) is 32.1. The maximum atomic E-state index is 12.7. The Morgan fingerprint density at radius 3 is 2.03 bits per heavy atom. The van der Waals surface area contributed by atoms with Gasteiger partial charge in [0.25, 0.3) is 23.5 Å². The van der Waals surface area contributed by atoms with Crippen molar-refractivity contribution in [2.45, 2.75) is 150 Å². The van der Waals surface area contributed by atoms with Crippen molar-refractivity contribution >= 4 is 69.1 Å². The average molecular weight is 1110 g/mol. The molecule has 0 aliphatic carbocycles. The van der Waals surface area contributed by atoms with E-state index in [4.69, 9.17) is 10.5 Å². The number of aliphatic hydroxyl groups excluding tert-OH is 2. The Hall–Kier alpha value is -2.56. The van der Waals surface area contributed by atoms with E-state index in [1.165, 1.54) is 52.4 Å². The van der Waals surface area contributed by atoms with E-state index in [-0.39, 0.29) is 66.0 Å². The Kier molecular flexibility index (Phi) is 31.0. The molecule has 0 saturated carbocycles. The van der Waals surface area contributed by atoms with E-state index in [1.54, 1.807) is 0 Å². The van der Waals surface area contributed by atoms with E-state index in [0.717, 1.165) is 60.1 Å². The van der Waals surface area contributed by atoms with Gasteiger partial charge in [0.05, 0.1) is 19.5 Å². The molecule has 1 aliphatic heterocycles. The molecule has 3 heterocycles. The van der Waals surface area contributed by atoms with Crippen LogP contribution in [0.25, 0.3) is 11.2 Å². The van der Waals surface area contributed by atoms with Crippen LogP contribution in [0.3, 0.4) is 0 Å². The maximum Gasteiger partial charge on any atom is 0.274 e. The van der Waals surface area contributed by atoms with Crippen LogP contribution in [0.15, 0.2) is 12.7 Å². The van der Waals surface area contributed by atoms with Gasteiger partial charge in [-0.1, -0.05) is 118 Å². The molecule has 1 aliphatic rings. The lowest BCUT2D eigenvalue weighted by molar-refractivity contribution is -0.247. The lowest BCUT2D eigenvalue weighted by atomic mass is 9.87. The largest absolute Gasteiger partial charge is 0.756 e. The molecule has 0 spiro atoms. The molecular weight excluding hydrogens is 1030 g/mol. The molecule has 31 heteroatoms. The predicted molar refractivity (Wildman–Crippen MR) is 267 cm³/mol. The number of ether oxygens (including phenoxy) is 1. The van der Waals surface area contributed by atoms with E-state index < -0.39 is 84.6 Å². The van der Waals surface area contributed by atoms with Gasteiger partial charge in [-0.2, -0.15) is 0 Å². The molecule has 0 aromatic carbocycles. The van der Waals surface area contributed by atoms with Crippen LogP contribution in [-0.2, 0) is 50.7 Å². The molecular formula is C41H83N10O17P3S. The number of hydrogen-bond donors (Lipinski definition) is 9. The van der Waals surface area contributed by atoms with Gasteiger partial charge in [-0.25, -0.2) is 19.3 Å². The summed E-state index contributed by atoms with van der Waals surface area (Å²) < 4.78 is 61.2. The molecule has 3 rings (SSSR count). The number of thioether (sulfide) groups is 1. The fourth-order valence-corrected chi connectivity index (χ4v) is 11.1. The van der Waals surface area contributed by atoms with Crippen molar-refractivity contribution in [1.82, 2.24) is 48.6 Å². The number of phosphoric ester groups is 3. The summed E-state index contributed by atoms with van der Waals surface area (Å²) in [4.78, 5) is 95.4. The first-order valence-corrected chi connectivity index (χ1v) is 28.5. The van der Waals surface area contributed by atoms with Crippen LogP contribution in [0, 0.1) is 29.1 Å². The molecule has 1 fully saturated rings. The Morgan fingerprint density at radius 2 is 1.44 bits per heavy atom. The van der Waals surface area contributed by atoms with Gasteiger partial charge in [-0.15, -0.1) is 0 Å². The van der Waals surface area contributed by atoms with Crippen LogP contribution in [-0.4, -0.2) is 108 Å². The van der Waals surface area contributed by atoms with Crippen LogP contribution < -0.4 is 49.5 Å². The molecule has 6 unspecified atom stereocenters. The quantitative estimate of drug-likeness (QED) is 0.0354. The number of amides is 2. The second-order valence-corrected chi connectivity index (χ2v) is 24.2. The number of carbonyl (C=O) groups is 3. The molecule has 420 valence electrons. The Labute approximate surface area is 426 Å². The van der Waals surface area contributed by atoms with Crippen LogP contribution in [0.1, 0.15) is 125 Å². The zero-order chi connectivity index (χ0) is 51.7. The molecule has 27 nitrogen and oxygen atoms in total. The monoisotopic (exact) mass is 1110 g/mol. The lowest BCUT2D eigenvalue weighted by Gasteiger charge is -2.35. The number of hydrogen-bond acceptors (Lipinski definition) is 21. The van der Waals surface area contributed by atoms with E-state index >= 15 is 0 Å². The predicted octanol–water partition coefficient (Wildman–Crippen LogP) is 4.36. The van der Waals surface area contributed by atoms with Gasteiger partial charge in [0, 0.05) is 37.1 Å². The number of rotatable bonds is 33. The molecule has 1 saturated heterocycles. The number of phosphoric acid groups is 3. The zero-order valence-electron chi connectivity index (χ0n) is 43.3. The Balaban J connectivity index is 0.0000168. The van der Waals surface area contributed by atoms with Crippen LogP contribution in [0.4, 0.5) is 5.82 Å². The molecule has 72 heavy (non-hydrogen) atoms. The van der Waals surface area contributed by atoms with Crippen molar-refractivity contribution in [3.05, 3.63) is 12.7 Å². The second-order valence-electron chi connectivity index (χ2n) is 18.9. The smallest absolute Gasteiger partial charge is 0.274 e. The maximum absolute atomic E-state index is 12.7. The third kappa shape index (κ3) is 24.9. The van der Waals surface area contributed by atoms with Crippen LogP contribution in [0.2, 0.25) is 0 Å². The van der Waals surface area contributed by atoms with Crippen molar-refractivity contribution in [3.8, 4) is 0 Å². The summed E-state index contributed by atoms with van der Waals surface area (Å²) >= 11 is 1.15. The van der Waals surface area contributed by atoms with Gasteiger partial charge in [0.2, 0.25) is 11.8 Å². The SMILES string of the molecule is CC(C)CCCC(C)CCCC(C)CCCC(C)CC(=O)SCCNC(=O)CCNC(=O)[C@H](O)C(C)(C)COP(=O)([O-])OP(=O)([O-])OC[C@H]1O[C@@H](n2cnc3c(N)ncnc32)[C@H](O)[C@@H]1OP(=O)([O-])O.[NH4+].[NH4+].[NH4+]. The number of carbonyl (C=O) groups excluding carboxylic acids is 3. The summed E-state index contributed by atoms with van der Waals surface area (Å²) in [6.07, 6.45) is 4.00. The standard InChI is InChI=1S/C41H74N7O17P3S.3H3N/c1-26(2)11-8-12-27(3)13-9-14-28(4)15-10-16-29(5)21-32(50)69-20-19-43-31(49)17-18-44-39(53)36(52)41(6,7)23-62-68(59,60)65-67(57,58)61-22-30-35(64-66(54,55)56)34(51)40(63-30)48-25-47-33-37(42)45-24-46-38(33)48;;;/h24-30,34-36,40,51-52H,8-23H2,1-7H3,(H,43,49)(H,44,53)(H,57,58)(H,59,60)(H2,42,45,46)(H2,54,55,56);3*1H3/t27?,28?,29?,30-,34-,35-,36+,40-;;;/m1.../s1. The van der Waals surface area contributed by atoms with Gasteiger partial charge >= 0.3 is 0 Å². The number of nitrogens with zero attached hydrogens (tertiary/aromatic N) is 4. The third-order valence-electron chi connectivity index (χ3n) is 11.5. The highest BCUT2D eigenvalue weighted by atomic mass is 32.2. The van der Waals surface area contributed by atoms with E-state index in [1.807, 2.05) is 0 Å². The van der Waals surface area contributed by atoms with Crippen molar-refractivity contribution in [2.75, 3.05) is 37.8 Å². The summed E-state index contributed by atoms with van der Waals surface area (Å²) in [5.41, 5.74) is 4.14. The minimum Gasteiger partial charge on any atom is -0.756 e. The lowest BCUT2D eigenvalue weighted by Crippen LogP contribution is -2.46. The molecule has 2 aromatic rings. The summed E-state index contributed by atoms with van der Waals surface area (Å²) in [6.45, 7) is 11.5. The summed E-state index contributed by atoms with van der Waals surface area (Å²) in [5, 5.41) is 26.6. The zero-order valence-corrected chi connectivity index (χ0v) is 46.8. The summed E-state index contributed by atoms with van der Waals surface area (Å²) in [6, 6.07) is 0. The first kappa shape index (κ1) is 69.4. The van der Waals surface area contributed by atoms with E-state index in [9.17, 15) is 57.9 Å². The van der Waals surface area contributed by atoms with Crippen LogP contribution >= 0.6 is 35.2 Å². The second kappa shape index (κ2) is 32.1. The van der Waals surface area contributed by atoms with Gasteiger partial charge < -0.3 is 82.9 Å². The minimum atomic E-state index is -5.91. The van der Waals surface area contributed by atoms with Crippen molar-refractivity contribution in [2.24, 2.45) is 29.1 Å². The van der Waals surface area contributed by atoms with Gasteiger partial charge in [-0.3, -0.25) is 32.6 Å². The normalized spacial score (nSPS) is 21.1. The highest BCUT2D eigenvalue weighted by Gasteiger charge is 2.48. The Morgan fingerprint density at radius 1 is 0.875 bits per heavy atom. The fourth-order valence-electron chi connectivity index (χ4n) is 7.52. The van der Waals surface area contributed by atoms with Crippen molar-refractivity contribution in [3.63, 3.8) is 0 Å². The molecule has 11 atom stereocenters.